The number of anilines is 1. The fourth-order valence-corrected chi connectivity index (χ4v) is 3.59. The average molecular weight is 361 g/mol. The van der Waals surface area contributed by atoms with Crippen molar-refractivity contribution >= 4 is 22.5 Å². The Bertz CT molecular complexity index is 1000. The molecule has 2 N–H and O–H groups in total. The third-order valence-corrected chi connectivity index (χ3v) is 5.11. The van der Waals surface area contributed by atoms with Gasteiger partial charge in [0, 0.05) is 42.0 Å². The van der Waals surface area contributed by atoms with E-state index in [0.717, 1.165) is 24.0 Å². The first kappa shape index (κ1) is 17.3. The number of amides is 1. The van der Waals surface area contributed by atoms with Gasteiger partial charge < -0.3 is 15.2 Å². The van der Waals surface area contributed by atoms with E-state index < -0.39 is 0 Å². The van der Waals surface area contributed by atoms with E-state index >= 15 is 0 Å². The van der Waals surface area contributed by atoms with Crippen LogP contribution in [-0.4, -0.2) is 30.5 Å². The molecule has 2 aromatic carbocycles. The molecule has 0 bridgehead atoms. The van der Waals surface area contributed by atoms with Crippen LogP contribution in [0.1, 0.15) is 28.8 Å². The van der Waals surface area contributed by atoms with Crippen LogP contribution in [0, 0.1) is 0 Å². The van der Waals surface area contributed by atoms with Crippen molar-refractivity contribution in [1.82, 2.24) is 10.3 Å². The number of para-hydroxylation sites is 1. The molecular formula is C22H23N3O2. The van der Waals surface area contributed by atoms with Crippen molar-refractivity contribution < 1.29 is 4.79 Å². The molecule has 2 heterocycles. The van der Waals surface area contributed by atoms with Crippen LogP contribution in [0.25, 0.3) is 10.9 Å². The Hall–Kier alpha value is -3.08. The molecule has 0 aliphatic carbocycles. The molecule has 1 amide bonds. The fourth-order valence-electron chi connectivity index (χ4n) is 3.59. The van der Waals surface area contributed by atoms with Crippen molar-refractivity contribution in [2.75, 3.05) is 24.5 Å². The van der Waals surface area contributed by atoms with Crippen molar-refractivity contribution in [3.8, 4) is 0 Å². The molecule has 0 radical (unpaired) electrons. The number of aromatic nitrogens is 1. The molecular weight excluding hydrogens is 338 g/mol. The van der Waals surface area contributed by atoms with Crippen molar-refractivity contribution in [3.63, 3.8) is 0 Å². The van der Waals surface area contributed by atoms with E-state index in [2.05, 4.69) is 15.2 Å². The number of carbonyl (C=O) groups is 1. The minimum Gasteiger partial charge on any atom is -0.372 e. The largest absolute Gasteiger partial charge is 0.372 e. The number of aromatic amines is 1. The van der Waals surface area contributed by atoms with Crippen molar-refractivity contribution in [1.29, 1.82) is 0 Å². The molecule has 27 heavy (non-hydrogen) atoms. The molecule has 3 aromatic rings. The predicted octanol–water partition coefficient (Wildman–Crippen LogP) is 3.10. The molecule has 1 aliphatic rings. The lowest BCUT2D eigenvalue weighted by atomic mass is 10.1. The Labute approximate surface area is 158 Å². The zero-order valence-electron chi connectivity index (χ0n) is 15.2. The summed E-state index contributed by atoms with van der Waals surface area (Å²) in [6.45, 7) is 2.60. The summed E-state index contributed by atoms with van der Waals surface area (Å²) in [6, 6.07) is 17.3. The van der Waals surface area contributed by atoms with Crippen LogP contribution in [0.4, 0.5) is 5.69 Å². The molecule has 5 nitrogen and oxygen atoms in total. The second kappa shape index (κ2) is 7.66. The maximum Gasteiger partial charge on any atom is 0.251 e. The number of nitrogens with one attached hydrogen (secondary N) is 2. The monoisotopic (exact) mass is 361 g/mol. The van der Waals surface area contributed by atoms with Gasteiger partial charge in [0.2, 0.25) is 0 Å². The van der Waals surface area contributed by atoms with E-state index in [1.54, 1.807) is 0 Å². The molecule has 0 unspecified atom stereocenters. The maximum atomic E-state index is 12.4. The Kier molecular flexibility index (Phi) is 4.92. The van der Waals surface area contributed by atoms with E-state index in [9.17, 15) is 9.59 Å². The quantitative estimate of drug-likeness (QED) is 0.734. The lowest BCUT2D eigenvalue weighted by Crippen LogP contribution is -2.27. The van der Waals surface area contributed by atoms with Crippen molar-refractivity contribution in [2.45, 2.75) is 19.3 Å². The van der Waals surface area contributed by atoms with Gasteiger partial charge in [-0.2, -0.15) is 0 Å². The zero-order chi connectivity index (χ0) is 18.6. The Morgan fingerprint density at radius 1 is 1.04 bits per heavy atom. The number of benzene rings is 2. The first-order valence-corrected chi connectivity index (χ1v) is 9.45. The van der Waals surface area contributed by atoms with Gasteiger partial charge in [-0.1, -0.05) is 18.2 Å². The Morgan fingerprint density at radius 2 is 1.78 bits per heavy atom. The average Bonchev–Trinajstić information content (AvgIpc) is 3.23. The topological polar surface area (TPSA) is 65.2 Å². The van der Waals surface area contributed by atoms with E-state index in [0.29, 0.717) is 24.1 Å². The van der Waals surface area contributed by atoms with Crippen LogP contribution in [0.5, 0.6) is 0 Å². The van der Waals surface area contributed by atoms with E-state index in [1.165, 1.54) is 18.5 Å². The highest BCUT2D eigenvalue weighted by Crippen LogP contribution is 2.20. The normalized spacial score (nSPS) is 13.9. The fraction of sp³-hybridized carbons (Fsp3) is 0.273. The van der Waals surface area contributed by atoms with Gasteiger partial charge in [-0.3, -0.25) is 9.59 Å². The van der Waals surface area contributed by atoms with Crippen LogP contribution in [0.3, 0.4) is 0 Å². The van der Waals surface area contributed by atoms with Crippen LogP contribution in [0.15, 0.2) is 59.4 Å². The number of rotatable bonds is 5. The molecule has 1 fully saturated rings. The van der Waals surface area contributed by atoms with Crippen molar-refractivity contribution in [3.05, 3.63) is 76.1 Å². The van der Waals surface area contributed by atoms with E-state index in [4.69, 9.17) is 0 Å². The van der Waals surface area contributed by atoms with Crippen LogP contribution in [-0.2, 0) is 6.42 Å². The van der Waals surface area contributed by atoms with Gasteiger partial charge in [-0.25, -0.2) is 0 Å². The number of fused-ring (bicyclic) bond motifs is 1. The molecule has 4 rings (SSSR count). The van der Waals surface area contributed by atoms with Gasteiger partial charge in [0.25, 0.3) is 11.5 Å². The lowest BCUT2D eigenvalue weighted by Gasteiger charge is -2.17. The van der Waals surface area contributed by atoms with Gasteiger partial charge in [-0.05, 0) is 61.0 Å². The van der Waals surface area contributed by atoms with Gasteiger partial charge in [0.15, 0.2) is 0 Å². The van der Waals surface area contributed by atoms with Crippen LogP contribution >= 0.6 is 0 Å². The second-order valence-corrected chi connectivity index (χ2v) is 6.96. The molecule has 1 aliphatic heterocycles. The third kappa shape index (κ3) is 3.87. The number of hydrogen-bond acceptors (Lipinski definition) is 3. The van der Waals surface area contributed by atoms with E-state index in [1.807, 2.05) is 54.6 Å². The maximum absolute atomic E-state index is 12.4. The molecule has 1 saturated heterocycles. The Morgan fingerprint density at radius 3 is 2.56 bits per heavy atom. The predicted molar refractivity (Wildman–Crippen MR) is 108 cm³/mol. The van der Waals surface area contributed by atoms with E-state index in [-0.39, 0.29) is 11.5 Å². The van der Waals surface area contributed by atoms with Crippen LogP contribution < -0.4 is 15.8 Å². The standard InChI is InChI=1S/C22H23N3O2/c26-21(16-7-9-19(10-8-16)25-13-3-4-14-25)23-12-11-18-15-17-5-1-2-6-20(17)24-22(18)27/h1-2,5-10,15H,3-4,11-14H2,(H,23,26)(H,24,27). The minimum absolute atomic E-state index is 0.0992. The number of carbonyl (C=O) groups excluding carboxylic acids is 1. The molecule has 0 spiro atoms. The van der Waals surface area contributed by atoms with Gasteiger partial charge in [-0.15, -0.1) is 0 Å². The zero-order valence-corrected chi connectivity index (χ0v) is 15.2. The summed E-state index contributed by atoms with van der Waals surface area (Å²) in [5.74, 6) is -0.111. The first-order chi connectivity index (χ1) is 13.2. The minimum atomic E-state index is -0.111. The molecule has 138 valence electrons. The SMILES string of the molecule is O=C(NCCc1cc2ccccc2[nH]c1=O)c1ccc(N2CCCC2)cc1. The summed E-state index contributed by atoms with van der Waals surface area (Å²) >= 11 is 0. The van der Waals surface area contributed by atoms with Gasteiger partial charge in [0.1, 0.15) is 0 Å². The third-order valence-electron chi connectivity index (χ3n) is 5.11. The summed E-state index contributed by atoms with van der Waals surface area (Å²) in [7, 11) is 0. The number of hydrogen-bond donors (Lipinski definition) is 2. The molecule has 5 heteroatoms. The summed E-state index contributed by atoms with van der Waals surface area (Å²) in [5, 5.41) is 3.90. The highest BCUT2D eigenvalue weighted by molar-refractivity contribution is 5.94. The number of H-pyrrole nitrogens is 1. The summed E-state index contributed by atoms with van der Waals surface area (Å²) in [4.78, 5) is 29.8. The second-order valence-electron chi connectivity index (χ2n) is 6.96. The summed E-state index contributed by atoms with van der Waals surface area (Å²) in [5.41, 5.74) is 3.22. The summed E-state index contributed by atoms with van der Waals surface area (Å²) in [6.07, 6.45) is 2.96. The number of pyridine rings is 1. The smallest absolute Gasteiger partial charge is 0.251 e. The Balaban J connectivity index is 1.36. The highest BCUT2D eigenvalue weighted by Gasteiger charge is 2.13. The molecule has 0 saturated carbocycles. The van der Waals surface area contributed by atoms with Crippen molar-refractivity contribution in [2.24, 2.45) is 0 Å². The molecule has 1 aromatic heterocycles. The lowest BCUT2D eigenvalue weighted by molar-refractivity contribution is 0.0954. The van der Waals surface area contributed by atoms with Gasteiger partial charge in [0.05, 0.1) is 0 Å². The van der Waals surface area contributed by atoms with Crippen LogP contribution in [0.2, 0.25) is 0 Å². The first-order valence-electron chi connectivity index (χ1n) is 9.45. The molecule has 0 atom stereocenters. The highest BCUT2D eigenvalue weighted by atomic mass is 16.1. The number of nitrogens with zero attached hydrogens (tertiary/aromatic N) is 1. The summed E-state index contributed by atoms with van der Waals surface area (Å²) < 4.78 is 0. The van der Waals surface area contributed by atoms with Gasteiger partial charge >= 0.3 is 0 Å².